The Kier molecular flexibility index (Phi) is 7.18. The third-order valence-electron chi connectivity index (χ3n) is 3.22. The van der Waals surface area contributed by atoms with Crippen molar-refractivity contribution in [3.8, 4) is 0 Å². The van der Waals surface area contributed by atoms with Gasteiger partial charge in [-0.15, -0.1) is 12.4 Å². The van der Waals surface area contributed by atoms with Gasteiger partial charge in [0.15, 0.2) is 6.10 Å². The van der Waals surface area contributed by atoms with E-state index in [1.807, 2.05) is 6.07 Å². The van der Waals surface area contributed by atoms with Crippen molar-refractivity contribution >= 4 is 24.0 Å². The van der Waals surface area contributed by atoms with E-state index in [-0.39, 0.29) is 18.1 Å². The monoisotopic (exact) mass is 336 g/mol. The Morgan fingerprint density at radius 1 is 1.13 bits per heavy atom. The molecule has 0 unspecified atom stereocenters. The van der Waals surface area contributed by atoms with Crippen molar-refractivity contribution in [1.82, 2.24) is 5.32 Å². The summed E-state index contributed by atoms with van der Waals surface area (Å²) in [5, 5.41) is 23.1. The normalized spacial score (nSPS) is 11.2. The van der Waals surface area contributed by atoms with E-state index in [1.54, 1.807) is 36.4 Å². The third kappa shape index (κ3) is 5.36. The maximum absolute atomic E-state index is 11.8. The van der Waals surface area contributed by atoms with Crippen LogP contribution in [0.3, 0.4) is 0 Å². The van der Waals surface area contributed by atoms with E-state index in [0.717, 1.165) is 5.56 Å². The number of amides is 1. The second kappa shape index (κ2) is 8.87. The molecule has 0 aliphatic rings. The summed E-state index contributed by atoms with van der Waals surface area (Å²) in [6.45, 7) is 0.348. The second-order valence-electron chi connectivity index (χ2n) is 4.78. The highest BCUT2D eigenvalue weighted by Gasteiger charge is 2.16. The third-order valence-corrected chi connectivity index (χ3v) is 3.22. The zero-order valence-corrected chi connectivity index (χ0v) is 13.0. The van der Waals surface area contributed by atoms with E-state index < -0.39 is 16.9 Å². The maximum atomic E-state index is 11.8. The summed E-state index contributed by atoms with van der Waals surface area (Å²) in [5.74, 6) is -0.465. The summed E-state index contributed by atoms with van der Waals surface area (Å²) < 4.78 is 0. The molecule has 2 aromatic rings. The number of hydrogen-bond acceptors (Lipinski definition) is 4. The highest BCUT2D eigenvalue weighted by molar-refractivity contribution is 5.85. The minimum atomic E-state index is -1.20. The van der Waals surface area contributed by atoms with Gasteiger partial charge in [0.2, 0.25) is 0 Å². The summed E-state index contributed by atoms with van der Waals surface area (Å²) in [5.41, 5.74) is 1.45. The highest BCUT2D eigenvalue weighted by atomic mass is 35.5. The molecule has 0 saturated carbocycles. The molecule has 0 spiro atoms. The quantitative estimate of drug-likeness (QED) is 0.626. The van der Waals surface area contributed by atoms with Crippen LogP contribution in [-0.2, 0) is 11.2 Å². The Morgan fingerprint density at radius 2 is 1.74 bits per heavy atom. The summed E-state index contributed by atoms with van der Waals surface area (Å²) in [6, 6.07) is 14.8. The molecule has 0 fully saturated rings. The number of nitro benzene ring substituents is 1. The van der Waals surface area contributed by atoms with Crippen LogP contribution >= 0.6 is 12.4 Å². The van der Waals surface area contributed by atoms with Crippen LogP contribution in [0.2, 0.25) is 0 Å². The molecule has 1 atom stereocenters. The number of hydrogen-bond donors (Lipinski definition) is 2. The molecular weight excluding hydrogens is 320 g/mol. The lowest BCUT2D eigenvalue weighted by Crippen LogP contribution is -2.30. The summed E-state index contributed by atoms with van der Waals surface area (Å²) >= 11 is 0. The Bertz CT molecular complexity index is 647. The number of aliphatic hydroxyl groups is 1. The molecule has 23 heavy (non-hydrogen) atoms. The zero-order valence-electron chi connectivity index (χ0n) is 12.2. The van der Waals surface area contributed by atoms with Gasteiger partial charge in [0.05, 0.1) is 4.92 Å². The van der Waals surface area contributed by atoms with E-state index >= 15 is 0 Å². The molecular formula is C16H17ClN2O4. The molecule has 1 amide bonds. The molecule has 0 aliphatic carbocycles. The molecule has 122 valence electrons. The molecule has 6 nitrogen and oxygen atoms in total. The predicted molar refractivity (Wildman–Crippen MR) is 88.5 cm³/mol. The lowest BCUT2D eigenvalue weighted by atomic mass is 10.1. The van der Waals surface area contributed by atoms with Crippen molar-refractivity contribution in [2.45, 2.75) is 12.5 Å². The zero-order chi connectivity index (χ0) is 15.9. The lowest BCUT2D eigenvalue weighted by Gasteiger charge is -2.11. The molecule has 2 N–H and O–H groups in total. The van der Waals surface area contributed by atoms with Gasteiger partial charge in [0, 0.05) is 18.7 Å². The smallest absolute Gasteiger partial charge is 0.269 e. The molecule has 7 heteroatoms. The number of carbonyl (C=O) groups is 1. The van der Waals surface area contributed by atoms with Crippen LogP contribution in [0.15, 0.2) is 54.6 Å². The lowest BCUT2D eigenvalue weighted by molar-refractivity contribution is -0.384. The Morgan fingerprint density at radius 3 is 2.30 bits per heavy atom. The van der Waals surface area contributed by atoms with Gasteiger partial charge in [0.1, 0.15) is 0 Å². The average Bonchev–Trinajstić information content (AvgIpc) is 2.55. The Balaban J connectivity index is 0.00000264. The van der Waals surface area contributed by atoms with Gasteiger partial charge < -0.3 is 10.4 Å². The average molecular weight is 337 g/mol. The molecule has 0 aliphatic heterocycles. The highest BCUT2D eigenvalue weighted by Crippen LogP contribution is 2.13. The second-order valence-corrected chi connectivity index (χ2v) is 4.78. The van der Waals surface area contributed by atoms with Crippen LogP contribution in [0.5, 0.6) is 0 Å². The van der Waals surface area contributed by atoms with Gasteiger partial charge in [-0.05, 0) is 17.5 Å². The van der Waals surface area contributed by atoms with Gasteiger partial charge in [-0.2, -0.15) is 0 Å². The number of aliphatic hydroxyl groups excluding tert-OH is 1. The Hall–Kier alpha value is -2.44. The first-order valence-corrected chi connectivity index (χ1v) is 6.82. The van der Waals surface area contributed by atoms with Gasteiger partial charge in [-0.25, -0.2) is 0 Å². The summed E-state index contributed by atoms with van der Waals surface area (Å²) in [6.07, 6.45) is -0.663. The number of nitrogens with one attached hydrogen (secondary N) is 1. The SMILES string of the molecule is Cl.O=C(NCCc1ccc([N+](=O)[O-])cc1)[C@@H](O)c1ccccc1. The number of nitro groups is 1. The molecule has 0 saturated heterocycles. The number of halogens is 1. The van der Waals surface area contributed by atoms with Crippen LogP contribution in [0.1, 0.15) is 17.2 Å². The summed E-state index contributed by atoms with van der Waals surface area (Å²) in [4.78, 5) is 21.9. The van der Waals surface area contributed by atoms with E-state index in [4.69, 9.17) is 0 Å². The fraction of sp³-hybridized carbons (Fsp3) is 0.188. The minimum Gasteiger partial charge on any atom is -0.378 e. The van der Waals surface area contributed by atoms with Crippen molar-refractivity contribution in [1.29, 1.82) is 0 Å². The first-order valence-electron chi connectivity index (χ1n) is 6.82. The fourth-order valence-electron chi connectivity index (χ4n) is 2.00. The van der Waals surface area contributed by atoms with Crippen molar-refractivity contribution in [2.24, 2.45) is 0 Å². The van der Waals surface area contributed by atoms with Gasteiger partial charge >= 0.3 is 0 Å². The van der Waals surface area contributed by atoms with Crippen molar-refractivity contribution in [3.63, 3.8) is 0 Å². The minimum absolute atomic E-state index is 0. The maximum Gasteiger partial charge on any atom is 0.269 e. The van der Waals surface area contributed by atoms with Crippen LogP contribution in [0.4, 0.5) is 5.69 Å². The predicted octanol–water partition coefficient (Wildman–Crippen LogP) is 2.41. The van der Waals surface area contributed by atoms with Crippen LogP contribution in [-0.4, -0.2) is 22.5 Å². The molecule has 2 rings (SSSR count). The van der Waals surface area contributed by atoms with Gasteiger partial charge in [0.25, 0.3) is 11.6 Å². The van der Waals surface area contributed by atoms with E-state index in [0.29, 0.717) is 18.5 Å². The van der Waals surface area contributed by atoms with Crippen molar-refractivity contribution in [3.05, 3.63) is 75.8 Å². The number of non-ortho nitro benzene ring substituents is 1. The van der Waals surface area contributed by atoms with Gasteiger partial charge in [-0.3, -0.25) is 14.9 Å². The molecule has 0 radical (unpaired) electrons. The van der Waals surface area contributed by atoms with Crippen LogP contribution in [0.25, 0.3) is 0 Å². The largest absolute Gasteiger partial charge is 0.378 e. The molecule has 0 bridgehead atoms. The standard InChI is InChI=1S/C16H16N2O4.ClH/c19-15(13-4-2-1-3-5-13)16(20)17-11-10-12-6-8-14(9-7-12)18(21)22;/h1-9,15,19H,10-11H2,(H,17,20);1H/t15-;/m0./s1. The first-order chi connectivity index (χ1) is 10.6. The fourth-order valence-corrected chi connectivity index (χ4v) is 2.00. The van der Waals surface area contributed by atoms with E-state index in [9.17, 15) is 20.0 Å². The molecule has 2 aromatic carbocycles. The van der Waals surface area contributed by atoms with Crippen LogP contribution < -0.4 is 5.32 Å². The topological polar surface area (TPSA) is 92.5 Å². The van der Waals surface area contributed by atoms with Crippen LogP contribution in [0, 0.1) is 10.1 Å². The number of nitrogens with zero attached hydrogens (tertiary/aromatic N) is 1. The van der Waals surface area contributed by atoms with E-state index in [2.05, 4.69) is 5.32 Å². The molecule has 0 aromatic heterocycles. The summed E-state index contributed by atoms with van der Waals surface area (Å²) in [7, 11) is 0. The molecule has 0 heterocycles. The van der Waals surface area contributed by atoms with Gasteiger partial charge in [-0.1, -0.05) is 42.5 Å². The van der Waals surface area contributed by atoms with E-state index in [1.165, 1.54) is 12.1 Å². The number of carbonyl (C=O) groups excluding carboxylic acids is 1. The van der Waals surface area contributed by atoms with Crippen molar-refractivity contribution in [2.75, 3.05) is 6.54 Å². The number of rotatable bonds is 6. The first kappa shape index (κ1) is 18.6. The van der Waals surface area contributed by atoms with Crippen molar-refractivity contribution < 1.29 is 14.8 Å². The number of benzene rings is 2. The Labute approximate surface area is 139 Å².